The second-order valence-corrected chi connectivity index (χ2v) is 8.26. The van der Waals surface area contributed by atoms with Gasteiger partial charge in [-0.1, -0.05) is 28.4 Å². The average Bonchev–Trinajstić information content (AvgIpc) is 3.08. The Labute approximate surface area is 167 Å². The summed E-state index contributed by atoms with van der Waals surface area (Å²) in [6.45, 7) is 5.49. The molecule has 0 radical (unpaired) electrons. The third-order valence-corrected chi connectivity index (χ3v) is 4.81. The molecule has 0 aromatic heterocycles. The van der Waals surface area contributed by atoms with Gasteiger partial charge in [-0.15, -0.1) is 0 Å². The maximum atomic E-state index is 12.7. The van der Waals surface area contributed by atoms with E-state index in [-0.39, 0.29) is 6.54 Å². The molecule has 1 aromatic rings. The Morgan fingerprint density at radius 2 is 1.89 bits per heavy atom. The molecule has 1 fully saturated rings. The van der Waals surface area contributed by atoms with Crippen LogP contribution in [0.2, 0.25) is 10.0 Å². The zero-order chi connectivity index (χ0) is 20.0. The molecule has 9 heteroatoms. The second-order valence-electron chi connectivity index (χ2n) is 7.39. The van der Waals surface area contributed by atoms with Crippen molar-refractivity contribution in [1.29, 1.82) is 0 Å². The third-order valence-electron chi connectivity index (χ3n) is 4.38. The number of hydrogen-bond donors (Lipinski definition) is 0. The first-order chi connectivity index (χ1) is 12.6. The summed E-state index contributed by atoms with van der Waals surface area (Å²) >= 11 is 12.2. The van der Waals surface area contributed by atoms with E-state index in [1.165, 1.54) is 12.0 Å². The van der Waals surface area contributed by atoms with Crippen molar-refractivity contribution in [1.82, 2.24) is 4.90 Å². The third kappa shape index (κ3) is 3.46. The van der Waals surface area contributed by atoms with E-state index in [4.69, 9.17) is 37.5 Å². The fourth-order valence-corrected chi connectivity index (χ4v) is 3.89. The van der Waals surface area contributed by atoms with E-state index in [1.807, 2.05) is 0 Å². The Bertz CT molecular complexity index is 800. The molecule has 3 rings (SSSR count). The van der Waals surface area contributed by atoms with Crippen LogP contribution in [-0.2, 0) is 19.1 Å². The van der Waals surface area contributed by atoms with Crippen LogP contribution in [0.1, 0.15) is 32.8 Å². The Morgan fingerprint density at radius 3 is 2.44 bits per heavy atom. The lowest BCUT2D eigenvalue weighted by Crippen LogP contribution is -2.58. The van der Waals surface area contributed by atoms with Crippen molar-refractivity contribution in [2.45, 2.75) is 38.5 Å². The van der Waals surface area contributed by atoms with Crippen molar-refractivity contribution in [3.63, 3.8) is 0 Å². The van der Waals surface area contributed by atoms with E-state index in [2.05, 4.69) is 5.16 Å². The van der Waals surface area contributed by atoms with E-state index in [0.717, 1.165) is 0 Å². The summed E-state index contributed by atoms with van der Waals surface area (Å²) in [5.41, 5.74) is -1.33. The number of hydrogen-bond acceptors (Lipinski definition) is 6. The topological polar surface area (TPSA) is 77.4 Å². The van der Waals surface area contributed by atoms with Crippen molar-refractivity contribution in [2.24, 2.45) is 11.1 Å². The lowest BCUT2D eigenvalue weighted by molar-refractivity contribution is -0.190. The highest BCUT2D eigenvalue weighted by Gasteiger charge is 2.66. The predicted octanol–water partition coefficient (Wildman–Crippen LogP) is 3.85. The van der Waals surface area contributed by atoms with Gasteiger partial charge in [0.05, 0.1) is 18.7 Å². The van der Waals surface area contributed by atoms with Gasteiger partial charge in [0, 0.05) is 22.2 Å². The lowest BCUT2D eigenvalue weighted by atomic mass is 9.88. The zero-order valence-electron chi connectivity index (χ0n) is 15.4. The van der Waals surface area contributed by atoms with Gasteiger partial charge in [-0.05, 0) is 45.4 Å². The van der Waals surface area contributed by atoms with E-state index in [0.29, 0.717) is 27.7 Å². The van der Waals surface area contributed by atoms with Crippen LogP contribution in [0.15, 0.2) is 23.4 Å². The smallest absolute Gasteiger partial charge is 0.413 e. The maximum absolute atomic E-state index is 12.7. The Hall–Kier alpha value is -1.99. The highest BCUT2D eigenvalue weighted by molar-refractivity contribution is 6.35. The predicted molar refractivity (Wildman–Crippen MR) is 99.9 cm³/mol. The summed E-state index contributed by atoms with van der Waals surface area (Å²) in [5, 5.41) is 4.95. The first-order valence-electron chi connectivity index (χ1n) is 8.40. The summed E-state index contributed by atoms with van der Waals surface area (Å²) in [7, 11) is 1.23. The maximum Gasteiger partial charge on any atom is 0.413 e. The van der Waals surface area contributed by atoms with Gasteiger partial charge in [-0.25, -0.2) is 9.59 Å². The van der Waals surface area contributed by atoms with Crippen molar-refractivity contribution in [2.75, 3.05) is 13.7 Å². The van der Waals surface area contributed by atoms with Gasteiger partial charge < -0.3 is 14.3 Å². The van der Waals surface area contributed by atoms with Crippen LogP contribution < -0.4 is 0 Å². The quantitative estimate of drug-likeness (QED) is 0.686. The molecule has 2 heterocycles. The number of benzene rings is 1. The average molecular weight is 415 g/mol. The van der Waals surface area contributed by atoms with Gasteiger partial charge >= 0.3 is 17.8 Å². The molecule has 27 heavy (non-hydrogen) atoms. The minimum atomic E-state index is -1.71. The number of likely N-dealkylation sites (tertiary alicyclic amines) is 1. The molecule has 0 saturated carbocycles. The largest absolute Gasteiger partial charge is 0.465 e. The number of methoxy groups -OCH3 is 1. The summed E-state index contributed by atoms with van der Waals surface area (Å²) in [6, 6.07) is 4.95. The summed E-state index contributed by atoms with van der Waals surface area (Å²) in [5.74, 6) is -1.25. The van der Waals surface area contributed by atoms with Gasteiger partial charge in [0.15, 0.2) is 0 Å². The molecule has 7 nitrogen and oxygen atoms in total. The van der Waals surface area contributed by atoms with Crippen molar-refractivity contribution < 1.29 is 23.9 Å². The van der Waals surface area contributed by atoms with Crippen LogP contribution >= 0.6 is 23.2 Å². The molecule has 1 aromatic carbocycles. The monoisotopic (exact) mass is 414 g/mol. The minimum absolute atomic E-state index is 0.252. The number of halogens is 2. The number of nitrogens with zero attached hydrogens (tertiary/aromatic N) is 2. The fraction of sp³-hybridized carbons (Fsp3) is 0.500. The lowest BCUT2D eigenvalue weighted by Gasteiger charge is -2.34. The molecule has 0 spiro atoms. The normalized spacial score (nSPS) is 24.1. The molecule has 1 saturated heterocycles. The molecule has 2 aliphatic heterocycles. The molecule has 2 atom stereocenters. The number of oxime groups is 1. The van der Waals surface area contributed by atoms with E-state index in [9.17, 15) is 9.59 Å². The van der Waals surface area contributed by atoms with Crippen LogP contribution in [0.5, 0.6) is 0 Å². The van der Waals surface area contributed by atoms with Gasteiger partial charge in [-0.3, -0.25) is 4.90 Å². The Kier molecular flexibility index (Phi) is 5.03. The Morgan fingerprint density at radius 1 is 1.26 bits per heavy atom. The van der Waals surface area contributed by atoms with Crippen LogP contribution in [0, 0.1) is 5.92 Å². The molecule has 0 aliphatic carbocycles. The molecule has 0 N–H and O–H groups in total. The van der Waals surface area contributed by atoms with Gasteiger partial charge in [0.25, 0.3) is 0 Å². The van der Waals surface area contributed by atoms with Crippen LogP contribution in [0.3, 0.4) is 0 Å². The Balaban J connectivity index is 1.99. The molecular formula is C18H20Cl2N2O5. The molecular weight excluding hydrogens is 395 g/mol. The number of ether oxygens (including phenoxy) is 2. The zero-order valence-corrected chi connectivity index (χ0v) is 16.9. The number of amides is 1. The van der Waals surface area contributed by atoms with E-state index in [1.54, 1.807) is 39.0 Å². The SMILES string of the molecule is COC(=O)[C@@]12ON=C(c3cc(Cl)cc(Cl)c3)C1CCN2C(=O)OC(C)(C)C. The van der Waals surface area contributed by atoms with Crippen molar-refractivity contribution in [3.05, 3.63) is 33.8 Å². The first kappa shape index (κ1) is 19.8. The summed E-state index contributed by atoms with van der Waals surface area (Å²) in [4.78, 5) is 32.2. The van der Waals surface area contributed by atoms with E-state index < -0.39 is 29.3 Å². The van der Waals surface area contributed by atoms with Gasteiger partial charge in [0.2, 0.25) is 0 Å². The minimum Gasteiger partial charge on any atom is -0.465 e. The van der Waals surface area contributed by atoms with E-state index >= 15 is 0 Å². The molecule has 1 amide bonds. The summed E-state index contributed by atoms with van der Waals surface area (Å²) in [6.07, 6.45) is -0.229. The molecule has 1 unspecified atom stereocenters. The van der Waals surface area contributed by atoms with Gasteiger partial charge in [-0.2, -0.15) is 0 Å². The second kappa shape index (κ2) is 6.87. The van der Waals surface area contributed by atoms with Crippen LogP contribution in [0.25, 0.3) is 0 Å². The number of esters is 1. The first-order valence-corrected chi connectivity index (χ1v) is 9.15. The number of carbonyl (C=O) groups is 2. The number of fused-ring (bicyclic) bond motifs is 1. The fourth-order valence-electron chi connectivity index (χ4n) is 3.36. The number of carbonyl (C=O) groups excluding carboxylic acids is 2. The van der Waals surface area contributed by atoms with Crippen LogP contribution in [-0.4, -0.2) is 47.7 Å². The number of rotatable bonds is 2. The standard InChI is InChI=1S/C18H20Cl2N2O5/c1-17(2,3)26-16(24)22-6-5-13-14(10-7-11(19)9-12(20)8-10)21-27-18(13,22)15(23)25-4/h7-9,13H,5-6H2,1-4H3/t13?,18-/m0/s1. The highest BCUT2D eigenvalue weighted by Crippen LogP contribution is 2.45. The highest BCUT2D eigenvalue weighted by atomic mass is 35.5. The van der Waals surface area contributed by atoms with Crippen molar-refractivity contribution in [3.8, 4) is 0 Å². The van der Waals surface area contributed by atoms with Crippen LogP contribution in [0.4, 0.5) is 4.79 Å². The molecule has 2 aliphatic rings. The molecule has 0 bridgehead atoms. The van der Waals surface area contributed by atoms with Crippen molar-refractivity contribution >= 4 is 41.0 Å². The van der Waals surface area contributed by atoms with Gasteiger partial charge in [0.1, 0.15) is 5.60 Å². The summed E-state index contributed by atoms with van der Waals surface area (Å²) < 4.78 is 10.4. The molecule has 146 valence electrons.